The molecule has 1 saturated carbocycles. The summed E-state index contributed by atoms with van der Waals surface area (Å²) in [5.74, 6) is 0. The minimum Gasteiger partial charge on any atom is -0.443 e. The summed E-state index contributed by atoms with van der Waals surface area (Å²) in [4.78, 5) is 26.0. The Hall–Kier alpha value is -3.20. The summed E-state index contributed by atoms with van der Waals surface area (Å²) in [5.41, 5.74) is 3.51. The number of aliphatic hydroxyl groups is 1. The molecule has 0 spiro atoms. The summed E-state index contributed by atoms with van der Waals surface area (Å²) in [6, 6.07) is 9.63. The van der Waals surface area contributed by atoms with Crippen LogP contribution < -0.4 is 0 Å². The molecule has 1 aromatic carbocycles. The van der Waals surface area contributed by atoms with E-state index >= 15 is 0 Å². The van der Waals surface area contributed by atoms with E-state index in [1.165, 1.54) is 0 Å². The molecule has 8 nitrogen and oxygen atoms in total. The Morgan fingerprint density at radius 1 is 1.21 bits per heavy atom. The molecule has 2 atom stereocenters. The van der Waals surface area contributed by atoms with Crippen LogP contribution in [0.15, 0.2) is 49.1 Å². The van der Waals surface area contributed by atoms with Crippen LogP contribution in [0.2, 0.25) is 5.02 Å². The van der Waals surface area contributed by atoms with Crippen LogP contribution in [0.5, 0.6) is 0 Å². The highest BCUT2D eigenvalue weighted by molar-refractivity contribution is 6.30. The Morgan fingerprint density at radius 2 is 1.97 bits per heavy atom. The molecule has 2 aliphatic carbocycles. The maximum absolute atomic E-state index is 12.7. The number of halogens is 1. The summed E-state index contributed by atoms with van der Waals surface area (Å²) in [7, 11) is 1.87. The molecule has 38 heavy (non-hydrogen) atoms. The first kappa shape index (κ1) is 25.1. The van der Waals surface area contributed by atoms with E-state index in [-0.39, 0.29) is 17.7 Å². The van der Waals surface area contributed by atoms with Crippen molar-refractivity contribution in [1.29, 1.82) is 0 Å². The average molecular weight is 534 g/mol. The predicted molar refractivity (Wildman–Crippen MR) is 145 cm³/mol. The van der Waals surface area contributed by atoms with Gasteiger partial charge in [0.05, 0.1) is 30.0 Å². The molecular weight excluding hydrogens is 502 g/mol. The van der Waals surface area contributed by atoms with Crippen molar-refractivity contribution in [2.75, 3.05) is 26.2 Å². The van der Waals surface area contributed by atoms with Crippen molar-refractivity contribution in [3.8, 4) is 0 Å². The van der Waals surface area contributed by atoms with E-state index < -0.39 is 5.60 Å². The van der Waals surface area contributed by atoms with Crippen LogP contribution in [-0.2, 0) is 17.4 Å². The standard InChI is InChI=1S/C29H32ClN5O3/c1-28(8-9-28)38-27(36)35-13-11-34(12-14-35)26-21-7-6-20(30)16-22(21)23(15-19-5-4-10-32-25(19)26)29(2,37)24-17-31-18-33(24)3/h4-7,10,15-18,26,37H,8-9,11-14H2,1-3H3/t26-,29-/m0/s1. The van der Waals surface area contributed by atoms with E-state index in [1.807, 2.05) is 61.1 Å². The van der Waals surface area contributed by atoms with Gasteiger partial charge in [-0.3, -0.25) is 9.88 Å². The van der Waals surface area contributed by atoms with Crippen molar-refractivity contribution in [1.82, 2.24) is 24.3 Å². The van der Waals surface area contributed by atoms with Gasteiger partial charge in [0, 0.05) is 44.4 Å². The molecule has 1 amide bonds. The van der Waals surface area contributed by atoms with E-state index in [9.17, 15) is 9.90 Å². The molecule has 0 unspecified atom stereocenters. The van der Waals surface area contributed by atoms with Gasteiger partial charge >= 0.3 is 6.09 Å². The minimum absolute atomic E-state index is 0.173. The molecule has 3 aliphatic rings. The number of ether oxygens (including phenoxy) is 1. The number of piperazine rings is 1. The van der Waals surface area contributed by atoms with Crippen molar-refractivity contribution in [3.63, 3.8) is 0 Å². The number of hydrogen-bond acceptors (Lipinski definition) is 6. The summed E-state index contributed by atoms with van der Waals surface area (Å²) in [6.07, 6.45) is 8.84. The fraction of sp³-hybridized carbons (Fsp3) is 0.414. The van der Waals surface area contributed by atoms with Crippen LogP contribution in [0.1, 0.15) is 60.8 Å². The van der Waals surface area contributed by atoms with Crippen molar-refractivity contribution < 1.29 is 14.6 Å². The van der Waals surface area contributed by atoms with Crippen LogP contribution in [0, 0.1) is 0 Å². The maximum atomic E-state index is 12.7. The largest absolute Gasteiger partial charge is 0.443 e. The number of pyridine rings is 1. The zero-order chi connectivity index (χ0) is 26.7. The van der Waals surface area contributed by atoms with Gasteiger partial charge in [-0.05, 0) is 73.2 Å². The summed E-state index contributed by atoms with van der Waals surface area (Å²) < 4.78 is 7.54. The second-order valence-corrected chi connectivity index (χ2v) is 11.4. The van der Waals surface area contributed by atoms with E-state index in [0.29, 0.717) is 36.9 Å². The topological polar surface area (TPSA) is 83.7 Å². The summed E-state index contributed by atoms with van der Waals surface area (Å²) in [6.45, 7) is 6.26. The molecule has 0 radical (unpaired) electrons. The highest BCUT2D eigenvalue weighted by Crippen LogP contribution is 2.46. The third kappa shape index (κ3) is 4.40. The number of nitrogens with zero attached hydrogens (tertiary/aromatic N) is 5. The van der Waals surface area contributed by atoms with E-state index in [0.717, 1.165) is 40.8 Å². The molecule has 9 heteroatoms. The number of benzene rings is 1. The molecule has 0 bridgehead atoms. The molecule has 1 saturated heterocycles. The normalized spacial score (nSPS) is 22.0. The number of carbonyl (C=O) groups excluding carboxylic acids is 1. The molecule has 3 heterocycles. The highest BCUT2D eigenvalue weighted by Gasteiger charge is 2.44. The Kier molecular flexibility index (Phi) is 6.09. The van der Waals surface area contributed by atoms with E-state index in [1.54, 1.807) is 24.3 Å². The number of fused-ring (bicyclic) bond motifs is 2. The van der Waals surface area contributed by atoms with Crippen LogP contribution in [0.3, 0.4) is 0 Å². The van der Waals surface area contributed by atoms with Crippen molar-refractivity contribution in [2.45, 2.75) is 43.9 Å². The Labute approximate surface area is 227 Å². The smallest absolute Gasteiger partial charge is 0.410 e. The van der Waals surface area contributed by atoms with Crippen molar-refractivity contribution in [2.24, 2.45) is 7.05 Å². The molecule has 3 aromatic rings. The van der Waals surface area contributed by atoms with Crippen LogP contribution >= 0.6 is 11.6 Å². The summed E-state index contributed by atoms with van der Waals surface area (Å²) in [5, 5.41) is 12.6. The van der Waals surface area contributed by atoms with Gasteiger partial charge in [-0.15, -0.1) is 0 Å². The lowest BCUT2D eigenvalue weighted by Crippen LogP contribution is -2.50. The highest BCUT2D eigenvalue weighted by atomic mass is 35.5. The molecule has 2 aromatic heterocycles. The van der Waals surface area contributed by atoms with E-state index in [4.69, 9.17) is 21.3 Å². The van der Waals surface area contributed by atoms with Gasteiger partial charge < -0.3 is 19.3 Å². The third-order valence-corrected chi connectivity index (χ3v) is 8.33. The van der Waals surface area contributed by atoms with Gasteiger partial charge in [0.1, 0.15) is 11.2 Å². The zero-order valence-electron chi connectivity index (χ0n) is 21.9. The first-order valence-corrected chi connectivity index (χ1v) is 13.4. The Balaban J connectivity index is 1.39. The van der Waals surface area contributed by atoms with Gasteiger partial charge in [0.25, 0.3) is 0 Å². The zero-order valence-corrected chi connectivity index (χ0v) is 22.6. The lowest BCUT2D eigenvalue weighted by molar-refractivity contribution is 0.0380. The average Bonchev–Trinajstić information content (AvgIpc) is 3.49. The second kappa shape index (κ2) is 9.22. The number of amides is 1. The molecule has 2 fully saturated rings. The van der Waals surface area contributed by atoms with Gasteiger partial charge in [-0.25, -0.2) is 9.78 Å². The number of hydrogen-bond donors (Lipinski definition) is 1. The fourth-order valence-corrected chi connectivity index (χ4v) is 5.79. The van der Waals surface area contributed by atoms with Gasteiger partial charge in [0.2, 0.25) is 0 Å². The third-order valence-electron chi connectivity index (χ3n) is 8.10. The molecule has 1 aliphatic heterocycles. The second-order valence-electron chi connectivity index (χ2n) is 11.0. The first-order valence-electron chi connectivity index (χ1n) is 13.0. The van der Waals surface area contributed by atoms with Gasteiger partial charge in [-0.1, -0.05) is 23.7 Å². The minimum atomic E-state index is -1.34. The van der Waals surface area contributed by atoms with Gasteiger partial charge in [0.15, 0.2) is 0 Å². The number of aryl methyl sites for hydroxylation is 1. The van der Waals surface area contributed by atoms with Gasteiger partial charge in [-0.2, -0.15) is 0 Å². The van der Waals surface area contributed by atoms with Crippen molar-refractivity contribution in [3.05, 3.63) is 82.2 Å². The molecule has 6 rings (SSSR count). The number of imidazole rings is 1. The molecule has 198 valence electrons. The van der Waals surface area contributed by atoms with Crippen LogP contribution in [-0.4, -0.2) is 67.3 Å². The number of carbonyl (C=O) groups is 1. The monoisotopic (exact) mass is 533 g/mol. The molecular formula is C29H32ClN5O3. The molecule has 1 N–H and O–H groups in total. The lowest BCUT2D eigenvalue weighted by atomic mass is 9.84. The summed E-state index contributed by atoms with van der Waals surface area (Å²) >= 11 is 6.54. The SMILES string of the molecule is Cn1cncc1[C@@](C)(O)C1=Cc2cccnc2[C@@H](N2CCN(C(=O)OC3(C)CC3)CC2)c2ccc(Cl)cc21. The first-order chi connectivity index (χ1) is 18.2. The number of rotatable bonds is 4. The fourth-order valence-electron chi connectivity index (χ4n) is 5.61. The lowest BCUT2D eigenvalue weighted by Gasteiger charge is -2.40. The Bertz CT molecular complexity index is 1420. The van der Waals surface area contributed by atoms with Crippen LogP contribution in [0.4, 0.5) is 4.79 Å². The Morgan fingerprint density at radius 3 is 2.66 bits per heavy atom. The quantitative estimate of drug-likeness (QED) is 0.526. The van der Waals surface area contributed by atoms with Crippen LogP contribution in [0.25, 0.3) is 11.6 Å². The van der Waals surface area contributed by atoms with Crippen molar-refractivity contribution >= 4 is 29.3 Å². The predicted octanol–water partition coefficient (Wildman–Crippen LogP) is 4.63. The van der Waals surface area contributed by atoms with E-state index in [2.05, 4.69) is 9.88 Å². The maximum Gasteiger partial charge on any atom is 0.410 e. The number of aromatic nitrogens is 3.